The molecule has 0 bridgehead atoms. The van der Waals surface area contributed by atoms with Gasteiger partial charge in [0.25, 0.3) is 0 Å². The fourth-order valence-corrected chi connectivity index (χ4v) is 6.00. The zero-order valence-electron chi connectivity index (χ0n) is 14.8. The van der Waals surface area contributed by atoms with Gasteiger partial charge in [0.15, 0.2) is 9.84 Å². The molecule has 0 unspecified atom stereocenters. The highest BCUT2D eigenvalue weighted by Crippen LogP contribution is 2.34. The second-order valence-electron chi connectivity index (χ2n) is 7.25. The summed E-state index contributed by atoms with van der Waals surface area (Å²) < 4.78 is 29.6. The van der Waals surface area contributed by atoms with E-state index in [-0.39, 0.29) is 50.0 Å². The molecule has 3 aliphatic rings. The SMILES string of the molecule is CC(C)NC(=O)N1C[C@H]2[C@H](NC(=O)CN3CCOC3=O)CS(=O)(=O)[C@H]2C1. The summed E-state index contributed by atoms with van der Waals surface area (Å²) in [5.41, 5.74) is 0. The van der Waals surface area contributed by atoms with E-state index >= 15 is 0 Å². The molecule has 0 saturated carbocycles. The van der Waals surface area contributed by atoms with Crippen LogP contribution in [0.1, 0.15) is 13.8 Å². The lowest BCUT2D eigenvalue weighted by Gasteiger charge is -2.23. The van der Waals surface area contributed by atoms with Crippen molar-refractivity contribution in [2.75, 3.05) is 38.5 Å². The zero-order valence-corrected chi connectivity index (χ0v) is 15.6. The van der Waals surface area contributed by atoms with Crippen LogP contribution in [-0.2, 0) is 19.4 Å². The Kier molecular flexibility index (Phi) is 5.00. The summed E-state index contributed by atoms with van der Waals surface area (Å²) in [4.78, 5) is 38.6. The lowest BCUT2D eigenvalue weighted by molar-refractivity contribution is -0.122. The van der Waals surface area contributed by atoms with Crippen molar-refractivity contribution in [3.63, 3.8) is 0 Å². The summed E-state index contributed by atoms with van der Waals surface area (Å²) in [6.45, 7) is 4.49. The number of sulfone groups is 1. The average Bonchev–Trinajstić information content (AvgIpc) is 3.17. The molecule has 0 aromatic carbocycles. The van der Waals surface area contributed by atoms with Gasteiger partial charge in [0.2, 0.25) is 5.91 Å². The van der Waals surface area contributed by atoms with Gasteiger partial charge in [0.1, 0.15) is 13.2 Å². The molecule has 3 aliphatic heterocycles. The lowest BCUT2D eigenvalue weighted by Crippen LogP contribution is -2.47. The first-order valence-electron chi connectivity index (χ1n) is 8.65. The molecule has 3 rings (SSSR count). The predicted octanol–water partition coefficient (Wildman–Crippen LogP) is -1.23. The summed E-state index contributed by atoms with van der Waals surface area (Å²) in [6, 6.07) is -0.905. The molecule has 4 amide bonds. The van der Waals surface area contributed by atoms with Crippen LogP contribution in [0.25, 0.3) is 0 Å². The number of rotatable bonds is 4. The number of amides is 4. The quantitative estimate of drug-likeness (QED) is 0.621. The third-order valence-corrected chi connectivity index (χ3v) is 7.17. The van der Waals surface area contributed by atoms with Crippen molar-refractivity contribution in [2.24, 2.45) is 5.92 Å². The monoisotopic (exact) mass is 388 g/mol. The minimum atomic E-state index is -3.39. The molecule has 3 fully saturated rings. The number of nitrogens with zero attached hydrogens (tertiary/aromatic N) is 2. The first-order valence-corrected chi connectivity index (χ1v) is 10.4. The number of hydrogen-bond acceptors (Lipinski definition) is 6. The van der Waals surface area contributed by atoms with E-state index in [9.17, 15) is 22.8 Å². The van der Waals surface area contributed by atoms with Crippen LogP contribution in [0.4, 0.5) is 9.59 Å². The summed E-state index contributed by atoms with van der Waals surface area (Å²) in [6.07, 6.45) is -0.547. The Morgan fingerprint density at radius 3 is 2.65 bits per heavy atom. The van der Waals surface area contributed by atoms with Crippen LogP contribution in [0.3, 0.4) is 0 Å². The Morgan fingerprint density at radius 2 is 2.04 bits per heavy atom. The Labute approximate surface area is 152 Å². The van der Waals surface area contributed by atoms with E-state index in [2.05, 4.69) is 10.6 Å². The van der Waals surface area contributed by atoms with Crippen molar-refractivity contribution in [2.45, 2.75) is 31.2 Å². The number of nitrogens with one attached hydrogen (secondary N) is 2. The van der Waals surface area contributed by atoms with Crippen LogP contribution in [0.5, 0.6) is 0 Å². The average molecular weight is 388 g/mol. The van der Waals surface area contributed by atoms with Crippen LogP contribution in [0.2, 0.25) is 0 Å². The molecule has 3 atom stereocenters. The molecule has 0 aliphatic carbocycles. The van der Waals surface area contributed by atoms with Gasteiger partial charge in [0.05, 0.1) is 17.5 Å². The zero-order chi connectivity index (χ0) is 19.1. The third-order valence-electron chi connectivity index (χ3n) is 4.92. The van der Waals surface area contributed by atoms with Crippen molar-refractivity contribution in [3.05, 3.63) is 0 Å². The molecule has 26 heavy (non-hydrogen) atoms. The van der Waals surface area contributed by atoms with Crippen LogP contribution >= 0.6 is 0 Å². The standard InChI is InChI=1S/C15H24N4O6S/c1-9(2)16-14(21)19-5-10-11(8-26(23,24)12(10)6-19)17-13(20)7-18-3-4-25-15(18)22/h9-12H,3-8H2,1-2H3,(H,16,21)(H,17,20)/t10-,11+,12-/m0/s1. The largest absolute Gasteiger partial charge is 0.448 e. The molecule has 2 N–H and O–H groups in total. The van der Waals surface area contributed by atoms with E-state index < -0.39 is 33.1 Å². The lowest BCUT2D eigenvalue weighted by atomic mass is 10.0. The minimum absolute atomic E-state index is 0.0461. The summed E-state index contributed by atoms with van der Waals surface area (Å²) >= 11 is 0. The van der Waals surface area contributed by atoms with Crippen molar-refractivity contribution in [1.29, 1.82) is 0 Å². The van der Waals surface area contributed by atoms with E-state index in [1.807, 2.05) is 13.8 Å². The highest BCUT2D eigenvalue weighted by atomic mass is 32.2. The maximum atomic E-state index is 12.4. The molecule has 0 aromatic heterocycles. The first-order chi connectivity index (χ1) is 12.2. The van der Waals surface area contributed by atoms with Gasteiger partial charge >= 0.3 is 12.1 Å². The molecular formula is C15H24N4O6S. The summed E-state index contributed by atoms with van der Waals surface area (Å²) in [5, 5.41) is 4.82. The van der Waals surface area contributed by atoms with Gasteiger partial charge in [-0.3, -0.25) is 9.69 Å². The molecule has 10 nitrogen and oxygen atoms in total. The van der Waals surface area contributed by atoms with Crippen molar-refractivity contribution in [3.8, 4) is 0 Å². The summed E-state index contributed by atoms with van der Waals surface area (Å²) in [7, 11) is -3.39. The predicted molar refractivity (Wildman–Crippen MR) is 91.2 cm³/mol. The molecule has 3 saturated heterocycles. The van der Waals surface area contributed by atoms with Gasteiger partial charge in [-0.2, -0.15) is 0 Å². The van der Waals surface area contributed by atoms with Gasteiger partial charge in [-0.25, -0.2) is 18.0 Å². The Balaban J connectivity index is 1.63. The molecule has 0 spiro atoms. The highest BCUT2D eigenvalue weighted by Gasteiger charge is 2.53. The number of carbonyl (C=O) groups is 3. The minimum Gasteiger partial charge on any atom is -0.448 e. The van der Waals surface area contributed by atoms with E-state index in [0.29, 0.717) is 6.54 Å². The Hall–Kier alpha value is -2.04. The van der Waals surface area contributed by atoms with Gasteiger partial charge in [-0.15, -0.1) is 0 Å². The topological polar surface area (TPSA) is 125 Å². The highest BCUT2D eigenvalue weighted by molar-refractivity contribution is 7.92. The second kappa shape index (κ2) is 6.93. The van der Waals surface area contributed by atoms with Gasteiger partial charge in [0, 0.05) is 31.1 Å². The number of fused-ring (bicyclic) bond motifs is 1. The fourth-order valence-electron chi connectivity index (χ4n) is 3.71. The number of cyclic esters (lactones) is 1. The number of urea groups is 1. The molecule has 0 radical (unpaired) electrons. The first kappa shape index (κ1) is 18.7. The van der Waals surface area contributed by atoms with E-state index in [1.54, 1.807) is 0 Å². The van der Waals surface area contributed by atoms with E-state index in [4.69, 9.17) is 4.74 Å². The molecule has 11 heteroatoms. The van der Waals surface area contributed by atoms with Crippen LogP contribution in [-0.4, -0.2) is 92.1 Å². The maximum absolute atomic E-state index is 12.4. The van der Waals surface area contributed by atoms with Crippen molar-refractivity contribution >= 4 is 27.9 Å². The number of carbonyl (C=O) groups excluding carboxylic acids is 3. The van der Waals surface area contributed by atoms with E-state index in [0.717, 1.165) is 0 Å². The van der Waals surface area contributed by atoms with Crippen LogP contribution in [0.15, 0.2) is 0 Å². The third kappa shape index (κ3) is 3.71. The van der Waals surface area contributed by atoms with Crippen LogP contribution < -0.4 is 10.6 Å². The number of hydrogen-bond donors (Lipinski definition) is 2. The molecule has 3 heterocycles. The van der Waals surface area contributed by atoms with Crippen molar-refractivity contribution < 1.29 is 27.5 Å². The van der Waals surface area contributed by atoms with Crippen molar-refractivity contribution in [1.82, 2.24) is 20.4 Å². The molecule has 146 valence electrons. The Bertz CT molecular complexity index is 709. The fraction of sp³-hybridized carbons (Fsp3) is 0.800. The number of ether oxygens (including phenoxy) is 1. The van der Waals surface area contributed by atoms with Gasteiger partial charge < -0.3 is 20.3 Å². The van der Waals surface area contributed by atoms with E-state index in [1.165, 1.54) is 9.80 Å². The molecular weight excluding hydrogens is 364 g/mol. The smallest absolute Gasteiger partial charge is 0.410 e. The van der Waals surface area contributed by atoms with Gasteiger partial charge in [-0.05, 0) is 13.8 Å². The Morgan fingerprint density at radius 1 is 1.31 bits per heavy atom. The number of likely N-dealkylation sites (tertiary alicyclic amines) is 1. The van der Waals surface area contributed by atoms with Crippen LogP contribution in [0, 0.1) is 5.92 Å². The molecule has 0 aromatic rings. The summed E-state index contributed by atoms with van der Waals surface area (Å²) in [5.74, 6) is -0.903. The normalized spacial score (nSPS) is 29.7. The second-order valence-corrected chi connectivity index (χ2v) is 9.52. The van der Waals surface area contributed by atoms with Gasteiger partial charge in [-0.1, -0.05) is 0 Å². The maximum Gasteiger partial charge on any atom is 0.410 e.